The number of aryl methyl sites for hydroxylation is 1. The van der Waals surface area contributed by atoms with Crippen molar-refractivity contribution in [1.29, 1.82) is 0 Å². The molecule has 126 valence electrons. The number of morpholine rings is 1. The number of hydrogen-bond acceptors (Lipinski definition) is 3. The van der Waals surface area contributed by atoms with Gasteiger partial charge in [-0.05, 0) is 44.2 Å². The van der Waals surface area contributed by atoms with Crippen LogP contribution in [0.25, 0.3) is 0 Å². The Kier molecular flexibility index (Phi) is 4.46. The largest absolute Gasteiger partial charge is 0.374 e. The summed E-state index contributed by atoms with van der Waals surface area (Å²) in [6, 6.07) is 4.38. The summed E-state index contributed by atoms with van der Waals surface area (Å²) in [5.74, 6) is 1.77. The number of hydrogen-bond donors (Lipinski definition) is 0. The van der Waals surface area contributed by atoms with Crippen molar-refractivity contribution in [3.8, 4) is 0 Å². The van der Waals surface area contributed by atoms with Crippen LogP contribution in [0.15, 0.2) is 12.1 Å². The van der Waals surface area contributed by atoms with E-state index in [0.717, 1.165) is 26.1 Å². The fraction of sp³-hybridized carbons (Fsp3) is 0.737. The number of ether oxygens (including phenoxy) is 1. The zero-order valence-electron chi connectivity index (χ0n) is 14.0. The fourth-order valence-corrected chi connectivity index (χ4v) is 5.39. The van der Waals surface area contributed by atoms with Crippen LogP contribution in [0.3, 0.4) is 0 Å². The van der Waals surface area contributed by atoms with E-state index in [-0.39, 0.29) is 12.0 Å². The van der Waals surface area contributed by atoms with Crippen LogP contribution in [0, 0.1) is 18.8 Å². The predicted molar refractivity (Wildman–Crippen MR) is 92.8 cm³/mol. The number of amides is 1. The second-order valence-electron chi connectivity index (χ2n) is 7.49. The molecule has 3 aliphatic rings. The first-order valence-corrected chi connectivity index (χ1v) is 10.0. The minimum atomic E-state index is 0.234. The zero-order valence-corrected chi connectivity index (χ0v) is 14.8. The van der Waals surface area contributed by atoms with Crippen LogP contribution in [0.1, 0.15) is 54.2 Å². The van der Waals surface area contributed by atoms with Crippen molar-refractivity contribution in [3.05, 3.63) is 21.9 Å². The van der Waals surface area contributed by atoms with E-state index in [2.05, 4.69) is 24.0 Å². The lowest BCUT2D eigenvalue weighted by atomic mass is 9.84. The molecule has 23 heavy (non-hydrogen) atoms. The molecule has 1 amide bonds. The molecule has 0 N–H and O–H groups in total. The first-order valence-electron chi connectivity index (χ1n) is 9.19. The van der Waals surface area contributed by atoms with Gasteiger partial charge in [-0.25, -0.2) is 0 Å². The molecule has 1 aliphatic heterocycles. The average molecular weight is 333 g/mol. The lowest BCUT2D eigenvalue weighted by molar-refractivity contribution is -0.143. The van der Waals surface area contributed by atoms with E-state index < -0.39 is 0 Å². The van der Waals surface area contributed by atoms with E-state index in [0.29, 0.717) is 17.7 Å². The molecule has 0 radical (unpaired) electrons. The second kappa shape index (κ2) is 6.56. The van der Waals surface area contributed by atoms with Gasteiger partial charge in [0.1, 0.15) is 0 Å². The van der Waals surface area contributed by atoms with E-state index >= 15 is 0 Å². The number of rotatable bonds is 3. The van der Waals surface area contributed by atoms with Crippen LogP contribution in [-0.4, -0.2) is 36.6 Å². The lowest BCUT2D eigenvalue weighted by Crippen LogP contribution is -2.49. The number of carbonyl (C=O) groups is 1. The Morgan fingerprint density at radius 2 is 2.09 bits per heavy atom. The maximum absolute atomic E-state index is 12.9. The molecule has 2 saturated carbocycles. The Morgan fingerprint density at radius 1 is 1.26 bits per heavy atom. The molecule has 1 aromatic rings. The third kappa shape index (κ3) is 3.34. The molecule has 3 nitrogen and oxygen atoms in total. The Hall–Kier alpha value is -0.870. The Balaban J connectivity index is 1.35. The molecule has 0 aromatic carbocycles. The summed E-state index contributed by atoms with van der Waals surface area (Å²) in [5.41, 5.74) is 0. The Morgan fingerprint density at radius 3 is 2.83 bits per heavy atom. The third-order valence-electron chi connectivity index (χ3n) is 5.81. The fourth-order valence-electron chi connectivity index (χ4n) is 4.34. The first-order chi connectivity index (χ1) is 11.2. The summed E-state index contributed by atoms with van der Waals surface area (Å²) >= 11 is 1.85. The van der Waals surface area contributed by atoms with Crippen LogP contribution in [0.2, 0.25) is 0 Å². The van der Waals surface area contributed by atoms with Crippen molar-refractivity contribution in [2.45, 2.75) is 57.5 Å². The molecule has 3 fully saturated rings. The van der Waals surface area contributed by atoms with E-state index in [9.17, 15) is 4.79 Å². The monoisotopic (exact) mass is 333 g/mol. The summed E-state index contributed by atoms with van der Waals surface area (Å²) in [6.07, 6.45) is 7.94. The molecule has 0 unspecified atom stereocenters. The summed E-state index contributed by atoms with van der Waals surface area (Å²) in [7, 11) is 0. The van der Waals surface area contributed by atoms with Gasteiger partial charge in [0.2, 0.25) is 5.91 Å². The highest BCUT2D eigenvalue weighted by Gasteiger charge is 2.47. The quantitative estimate of drug-likeness (QED) is 0.838. The van der Waals surface area contributed by atoms with E-state index in [1.54, 1.807) is 0 Å². The SMILES string of the molecule is Cc1ccc([C@@H]2C[C@H]2C(=O)N2CCO[C@@H](C3CCCCC3)C2)s1. The molecular weight excluding hydrogens is 306 g/mol. The van der Waals surface area contributed by atoms with Crippen molar-refractivity contribution in [1.82, 2.24) is 4.90 Å². The maximum Gasteiger partial charge on any atom is 0.226 e. The van der Waals surface area contributed by atoms with Crippen LogP contribution in [0.5, 0.6) is 0 Å². The number of carbonyl (C=O) groups excluding carboxylic acids is 1. The predicted octanol–water partition coefficient (Wildman–Crippen LogP) is 3.97. The number of nitrogens with zero attached hydrogens (tertiary/aromatic N) is 1. The van der Waals surface area contributed by atoms with Gasteiger partial charge in [0.25, 0.3) is 0 Å². The summed E-state index contributed by atoms with van der Waals surface area (Å²) in [6.45, 7) is 4.48. The highest BCUT2D eigenvalue weighted by atomic mass is 32.1. The molecule has 2 heterocycles. The van der Waals surface area contributed by atoms with Gasteiger partial charge >= 0.3 is 0 Å². The molecule has 0 spiro atoms. The van der Waals surface area contributed by atoms with Gasteiger partial charge < -0.3 is 9.64 Å². The zero-order chi connectivity index (χ0) is 15.8. The van der Waals surface area contributed by atoms with Crippen LogP contribution < -0.4 is 0 Å². The van der Waals surface area contributed by atoms with Crippen molar-refractivity contribution in [2.75, 3.05) is 19.7 Å². The van der Waals surface area contributed by atoms with Gasteiger partial charge in [0.05, 0.1) is 12.7 Å². The highest BCUT2D eigenvalue weighted by molar-refractivity contribution is 7.12. The first kappa shape index (κ1) is 15.6. The summed E-state index contributed by atoms with van der Waals surface area (Å²) in [4.78, 5) is 17.7. The maximum atomic E-state index is 12.9. The topological polar surface area (TPSA) is 29.5 Å². The smallest absolute Gasteiger partial charge is 0.226 e. The molecule has 1 saturated heterocycles. The van der Waals surface area contributed by atoms with Gasteiger partial charge in [0.15, 0.2) is 0 Å². The van der Waals surface area contributed by atoms with Crippen molar-refractivity contribution < 1.29 is 9.53 Å². The molecular formula is C19H27NO2S. The van der Waals surface area contributed by atoms with Gasteiger partial charge in [-0.3, -0.25) is 4.79 Å². The Labute approximate surface area is 143 Å². The molecule has 4 heteroatoms. The van der Waals surface area contributed by atoms with Crippen LogP contribution >= 0.6 is 11.3 Å². The van der Waals surface area contributed by atoms with Crippen LogP contribution in [0.4, 0.5) is 0 Å². The summed E-state index contributed by atoms with van der Waals surface area (Å²) < 4.78 is 6.02. The standard InChI is InChI=1S/C19H27NO2S/c1-13-7-8-18(23-13)15-11-16(15)19(21)20-9-10-22-17(12-20)14-5-3-2-4-6-14/h7-8,14-17H,2-6,9-12H2,1H3/t15-,16-,17-/m1/s1. The second-order valence-corrected chi connectivity index (χ2v) is 8.81. The summed E-state index contributed by atoms with van der Waals surface area (Å²) in [5, 5.41) is 0. The van der Waals surface area contributed by atoms with Crippen molar-refractivity contribution in [3.63, 3.8) is 0 Å². The normalized spacial score (nSPS) is 32.0. The molecule has 1 aromatic heterocycles. The molecule has 0 bridgehead atoms. The van der Waals surface area contributed by atoms with Gasteiger partial charge in [-0.2, -0.15) is 0 Å². The average Bonchev–Trinajstić information content (AvgIpc) is 3.29. The minimum absolute atomic E-state index is 0.234. The van der Waals surface area contributed by atoms with Gasteiger partial charge in [-0.1, -0.05) is 19.3 Å². The lowest BCUT2D eigenvalue weighted by Gasteiger charge is -2.38. The van der Waals surface area contributed by atoms with E-state index in [1.807, 2.05) is 11.3 Å². The molecule has 2 aliphatic carbocycles. The van der Waals surface area contributed by atoms with Gasteiger partial charge in [0, 0.05) is 34.7 Å². The Bertz CT molecular complexity index is 563. The number of thiophene rings is 1. The van der Waals surface area contributed by atoms with Crippen molar-refractivity contribution >= 4 is 17.2 Å². The van der Waals surface area contributed by atoms with E-state index in [4.69, 9.17) is 4.74 Å². The van der Waals surface area contributed by atoms with Crippen molar-refractivity contribution in [2.24, 2.45) is 11.8 Å². The van der Waals surface area contributed by atoms with E-state index in [1.165, 1.54) is 41.9 Å². The molecule has 4 rings (SSSR count). The molecule has 3 atom stereocenters. The van der Waals surface area contributed by atoms with Crippen LogP contribution in [-0.2, 0) is 9.53 Å². The minimum Gasteiger partial charge on any atom is -0.374 e. The third-order valence-corrected chi connectivity index (χ3v) is 6.95. The van der Waals surface area contributed by atoms with Gasteiger partial charge in [-0.15, -0.1) is 11.3 Å². The highest BCUT2D eigenvalue weighted by Crippen LogP contribution is 2.50.